The van der Waals surface area contributed by atoms with Gasteiger partial charge in [-0.2, -0.15) is 0 Å². The van der Waals surface area contributed by atoms with E-state index in [-0.39, 0.29) is 0 Å². The fraction of sp³-hybridized carbons (Fsp3) is 0.600. The molecule has 0 N–H and O–H groups in total. The Balaban J connectivity index is 1.75. The first-order valence-corrected chi connectivity index (χ1v) is 6.82. The van der Waals surface area contributed by atoms with E-state index < -0.39 is 0 Å². The van der Waals surface area contributed by atoms with E-state index in [0.29, 0.717) is 0 Å². The fourth-order valence-electron chi connectivity index (χ4n) is 3.14. The molecule has 0 amide bonds. The molecule has 1 aliphatic carbocycles. The third-order valence-electron chi connectivity index (χ3n) is 4.12. The molecule has 1 fully saturated rings. The van der Waals surface area contributed by atoms with Gasteiger partial charge in [-0.05, 0) is 36.8 Å². The van der Waals surface area contributed by atoms with Gasteiger partial charge in [-0.3, -0.25) is 4.90 Å². The first kappa shape index (κ1) is 11.2. The van der Waals surface area contributed by atoms with Crippen molar-refractivity contribution in [1.82, 2.24) is 4.90 Å². The smallest absolute Gasteiger partial charge is 0.0594 e. The summed E-state index contributed by atoms with van der Waals surface area (Å²) in [6.45, 7) is 4.07. The summed E-state index contributed by atoms with van der Waals surface area (Å²) in [5.41, 5.74) is 3.14. The van der Waals surface area contributed by atoms with Crippen molar-refractivity contribution in [3.05, 3.63) is 35.4 Å². The lowest BCUT2D eigenvalue weighted by Gasteiger charge is -2.34. The Labute approximate surface area is 104 Å². The van der Waals surface area contributed by atoms with Crippen LogP contribution in [-0.4, -0.2) is 37.2 Å². The number of hydrogen-bond donors (Lipinski definition) is 0. The quantitative estimate of drug-likeness (QED) is 0.687. The van der Waals surface area contributed by atoms with Crippen LogP contribution in [0.1, 0.15) is 24.0 Å². The van der Waals surface area contributed by atoms with E-state index in [9.17, 15) is 0 Å². The van der Waals surface area contributed by atoms with Crippen LogP contribution in [0, 0.1) is 0 Å². The normalized spacial score (nSPS) is 26.2. The Morgan fingerprint density at radius 2 is 1.82 bits per heavy atom. The highest BCUT2D eigenvalue weighted by molar-refractivity contribution is 5.29. The average molecular weight is 231 g/mol. The van der Waals surface area contributed by atoms with E-state index in [1.807, 2.05) is 0 Å². The van der Waals surface area contributed by atoms with Crippen molar-refractivity contribution in [1.29, 1.82) is 0 Å². The molecule has 1 aliphatic heterocycles. The zero-order valence-corrected chi connectivity index (χ0v) is 10.4. The number of rotatable bonds is 1. The number of morpholine rings is 1. The summed E-state index contributed by atoms with van der Waals surface area (Å²) in [4.78, 5) is 2.63. The average Bonchev–Trinajstić information content (AvgIpc) is 2.62. The van der Waals surface area contributed by atoms with Crippen LogP contribution in [0.5, 0.6) is 0 Å². The van der Waals surface area contributed by atoms with Crippen LogP contribution in [0.3, 0.4) is 0 Å². The van der Waals surface area contributed by atoms with E-state index in [2.05, 4.69) is 29.2 Å². The van der Waals surface area contributed by atoms with Gasteiger partial charge in [-0.1, -0.05) is 24.3 Å². The van der Waals surface area contributed by atoms with Crippen molar-refractivity contribution in [3.8, 4) is 0 Å². The van der Waals surface area contributed by atoms with Gasteiger partial charge < -0.3 is 4.74 Å². The summed E-state index contributed by atoms with van der Waals surface area (Å²) in [5, 5.41) is 0. The molecule has 2 heteroatoms. The Kier molecular flexibility index (Phi) is 3.44. The zero-order chi connectivity index (χ0) is 11.5. The van der Waals surface area contributed by atoms with Crippen molar-refractivity contribution in [2.45, 2.75) is 31.7 Å². The predicted octanol–water partition coefficient (Wildman–Crippen LogP) is 2.27. The van der Waals surface area contributed by atoms with Crippen molar-refractivity contribution in [2.24, 2.45) is 0 Å². The molecule has 1 heterocycles. The Bertz CT molecular complexity index is 371. The summed E-state index contributed by atoms with van der Waals surface area (Å²) in [5.74, 6) is 0. The molecular weight excluding hydrogens is 210 g/mol. The highest BCUT2D eigenvalue weighted by Crippen LogP contribution is 2.24. The standard InChI is InChI=1S/C15H21NO/c1-2-5-14-12-15(7-3-6-13(14)4-1)16-8-10-17-11-9-16/h1-2,4-5,15H,3,6-12H2/t15-/m0/s1. The van der Waals surface area contributed by atoms with Gasteiger partial charge in [0.25, 0.3) is 0 Å². The van der Waals surface area contributed by atoms with Crippen molar-refractivity contribution < 1.29 is 4.74 Å². The molecule has 0 saturated carbocycles. The number of fused-ring (bicyclic) bond motifs is 1. The minimum Gasteiger partial charge on any atom is -0.379 e. The van der Waals surface area contributed by atoms with Gasteiger partial charge in [-0.15, -0.1) is 0 Å². The Morgan fingerprint density at radius 1 is 1.06 bits per heavy atom. The lowest BCUT2D eigenvalue weighted by molar-refractivity contribution is 0.0149. The molecule has 0 aromatic heterocycles. The van der Waals surface area contributed by atoms with Gasteiger partial charge in [0.1, 0.15) is 0 Å². The molecule has 2 aliphatic rings. The number of ether oxygens (including phenoxy) is 1. The van der Waals surface area contributed by atoms with Gasteiger partial charge in [0.05, 0.1) is 13.2 Å². The summed E-state index contributed by atoms with van der Waals surface area (Å²) < 4.78 is 5.45. The van der Waals surface area contributed by atoms with Crippen LogP contribution < -0.4 is 0 Å². The topological polar surface area (TPSA) is 12.5 Å². The summed E-state index contributed by atoms with van der Waals surface area (Å²) in [6.07, 6.45) is 5.17. The van der Waals surface area contributed by atoms with Crippen LogP contribution in [-0.2, 0) is 17.6 Å². The maximum Gasteiger partial charge on any atom is 0.0594 e. The molecule has 1 aromatic carbocycles. The molecule has 0 unspecified atom stereocenters. The van der Waals surface area contributed by atoms with Crippen LogP contribution in [0.2, 0.25) is 0 Å². The maximum absolute atomic E-state index is 5.45. The minimum atomic E-state index is 0.738. The molecule has 3 rings (SSSR count). The van der Waals surface area contributed by atoms with E-state index in [1.165, 1.54) is 25.7 Å². The Morgan fingerprint density at radius 3 is 2.65 bits per heavy atom. The molecule has 92 valence electrons. The van der Waals surface area contributed by atoms with Crippen LogP contribution in [0.4, 0.5) is 0 Å². The molecular formula is C15H21NO. The Hall–Kier alpha value is -0.860. The molecule has 1 saturated heterocycles. The highest BCUT2D eigenvalue weighted by atomic mass is 16.5. The number of benzene rings is 1. The van der Waals surface area contributed by atoms with Gasteiger partial charge in [0.15, 0.2) is 0 Å². The molecule has 17 heavy (non-hydrogen) atoms. The van der Waals surface area contributed by atoms with E-state index in [4.69, 9.17) is 4.74 Å². The summed E-state index contributed by atoms with van der Waals surface area (Å²) in [7, 11) is 0. The number of nitrogens with zero attached hydrogens (tertiary/aromatic N) is 1. The lowest BCUT2D eigenvalue weighted by Crippen LogP contribution is -2.44. The van der Waals surface area contributed by atoms with Gasteiger partial charge >= 0.3 is 0 Å². The van der Waals surface area contributed by atoms with Gasteiger partial charge in [0.2, 0.25) is 0 Å². The summed E-state index contributed by atoms with van der Waals surface area (Å²) >= 11 is 0. The van der Waals surface area contributed by atoms with Crippen LogP contribution >= 0.6 is 0 Å². The van der Waals surface area contributed by atoms with Crippen molar-refractivity contribution in [2.75, 3.05) is 26.3 Å². The van der Waals surface area contributed by atoms with Crippen LogP contribution in [0.25, 0.3) is 0 Å². The monoisotopic (exact) mass is 231 g/mol. The third kappa shape index (κ3) is 2.53. The molecule has 1 atom stereocenters. The van der Waals surface area contributed by atoms with Crippen molar-refractivity contribution in [3.63, 3.8) is 0 Å². The molecule has 2 nitrogen and oxygen atoms in total. The second kappa shape index (κ2) is 5.19. The van der Waals surface area contributed by atoms with E-state index in [0.717, 1.165) is 32.3 Å². The summed E-state index contributed by atoms with van der Waals surface area (Å²) in [6, 6.07) is 9.71. The van der Waals surface area contributed by atoms with E-state index >= 15 is 0 Å². The first-order valence-electron chi connectivity index (χ1n) is 6.82. The molecule has 0 spiro atoms. The number of aryl methyl sites for hydroxylation is 1. The zero-order valence-electron chi connectivity index (χ0n) is 10.4. The maximum atomic E-state index is 5.45. The third-order valence-corrected chi connectivity index (χ3v) is 4.12. The predicted molar refractivity (Wildman–Crippen MR) is 69.3 cm³/mol. The fourth-order valence-corrected chi connectivity index (χ4v) is 3.14. The van der Waals surface area contributed by atoms with Crippen molar-refractivity contribution >= 4 is 0 Å². The lowest BCUT2D eigenvalue weighted by atomic mass is 10.0. The van der Waals surface area contributed by atoms with Crippen LogP contribution in [0.15, 0.2) is 24.3 Å². The van der Waals surface area contributed by atoms with E-state index in [1.54, 1.807) is 11.1 Å². The molecule has 1 aromatic rings. The molecule has 0 bridgehead atoms. The largest absolute Gasteiger partial charge is 0.379 e. The second-order valence-electron chi connectivity index (χ2n) is 5.17. The van der Waals surface area contributed by atoms with Gasteiger partial charge in [-0.25, -0.2) is 0 Å². The minimum absolute atomic E-state index is 0.738. The second-order valence-corrected chi connectivity index (χ2v) is 5.17. The molecule has 0 radical (unpaired) electrons. The number of hydrogen-bond acceptors (Lipinski definition) is 2. The first-order chi connectivity index (χ1) is 8.43. The van der Waals surface area contributed by atoms with Gasteiger partial charge in [0, 0.05) is 19.1 Å². The highest BCUT2D eigenvalue weighted by Gasteiger charge is 2.23. The SMILES string of the molecule is c1ccc2c(c1)CCC[C@H](N1CCOCC1)C2.